The third kappa shape index (κ3) is 21.6. The fourth-order valence-electron chi connectivity index (χ4n) is 3.95. The Bertz CT molecular complexity index is 439. The number of amides is 1. The van der Waals surface area contributed by atoms with Gasteiger partial charge in [0.05, 0.1) is 0 Å². The van der Waals surface area contributed by atoms with Crippen LogP contribution in [0.2, 0.25) is 0 Å². The molecule has 182 valence electrons. The van der Waals surface area contributed by atoms with Crippen molar-refractivity contribution in [3.05, 3.63) is 0 Å². The Labute approximate surface area is 191 Å². The summed E-state index contributed by atoms with van der Waals surface area (Å²) < 4.78 is 0. The van der Waals surface area contributed by atoms with Gasteiger partial charge in [-0.1, -0.05) is 116 Å². The molecule has 5 heteroatoms. The molecule has 0 aromatic carbocycles. The lowest BCUT2D eigenvalue weighted by Gasteiger charge is -2.13. The summed E-state index contributed by atoms with van der Waals surface area (Å²) in [6, 6.07) is -0.951. The second-order valence-corrected chi connectivity index (χ2v) is 8.96. The molecule has 5 nitrogen and oxygen atoms in total. The van der Waals surface area contributed by atoms with Gasteiger partial charge in [-0.05, 0) is 12.8 Å². The quantitative estimate of drug-likeness (QED) is 0.126. The number of aldehydes is 1. The van der Waals surface area contributed by atoms with Gasteiger partial charge in [-0.25, -0.2) is 4.79 Å². The predicted molar refractivity (Wildman–Crippen MR) is 128 cm³/mol. The zero-order valence-electron chi connectivity index (χ0n) is 20.2. The van der Waals surface area contributed by atoms with Gasteiger partial charge in [0, 0.05) is 12.8 Å². The smallest absolute Gasteiger partial charge is 0.326 e. The first-order valence-electron chi connectivity index (χ1n) is 13.1. The first-order chi connectivity index (χ1) is 15.1. The molecule has 0 unspecified atom stereocenters. The number of unbranched alkanes of at least 4 members (excludes halogenated alkanes) is 17. The number of carbonyl (C=O) groups excluding carboxylic acids is 2. The fourth-order valence-corrected chi connectivity index (χ4v) is 3.95. The topological polar surface area (TPSA) is 83.5 Å². The van der Waals surface area contributed by atoms with Crippen LogP contribution in [0.4, 0.5) is 0 Å². The van der Waals surface area contributed by atoms with Gasteiger partial charge < -0.3 is 15.2 Å². The third-order valence-electron chi connectivity index (χ3n) is 5.96. The molecule has 2 N–H and O–H groups in total. The van der Waals surface area contributed by atoms with Crippen LogP contribution in [0.15, 0.2) is 0 Å². The van der Waals surface area contributed by atoms with E-state index >= 15 is 0 Å². The van der Waals surface area contributed by atoms with Crippen molar-refractivity contribution in [1.29, 1.82) is 0 Å². The summed E-state index contributed by atoms with van der Waals surface area (Å²) in [5.41, 5.74) is 0. The first-order valence-corrected chi connectivity index (χ1v) is 13.1. The van der Waals surface area contributed by atoms with Crippen LogP contribution in [0.1, 0.15) is 142 Å². The summed E-state index contributed by atoms with van der Waals surface area (Å²) in [6.45, 7) is 2.27. The molecule has 31 heavy (non-hydrogen) atoms. The molecule has 0 heterocycles. The highest BCUT2D eigenvalue weighted by molar-refractivity contribution is 5.83. The average Bonchev–Trinajstić information content (AvgIpc) is 2.75. The van der Waals surface area contributed by atoms with E-state index in [1.165, 1.54) is 96.3 Å². The minimum atomic E-state index is -1.08. The van der Waals surface area contributed by atoms with Crippen molar-refractivity contribution in [1.82, 2.24) is 5.32 Å². The van der Waals surface area contributed by atoms with E-state index in [1.807, 2.05) is 0 Å². The number of hydrogen-bond donors (Lipinski definition) is 2. The molecule has 0 saturated heterocycles. The van der Waals surface area contributed by atoms with Crippen LogP contribution in [-0.4, -0.2) is 29.3 Å². The standard InChI is InChI=1S/C26H49NO4/c1-2-3-4-5-6-7-8-9-10-11-12-13-14-15-16-17-18-19-22-25(29)27-24(26(30)31)21-20-23-28/h23-24H,2-22H2,1H3,(H,27,29)(H,30,31)/t24-/m0/s1. The minimum absolute atomic E-state index is 0.149. The van der Waals surface area contributed by atoms with Gasteiger partial charge in [0.15, 0.2) is 0 Å². The van der Waals surface area contributed by atoms with E-state index in [2.05, 4.69) is 12.2 Å². The molecule has 0 radical (unpaired) electrons. The Morgan fingerprint density at radius 3 is 1.45 bits per heavy atom. The van der Waals surface area contributed by atoms with Gasteiger partial charge in [-0.15, -0.1) is 0 Å². The number of aliphatic carboxylic acids is 1. The van der Waals surface area contributed by atoms with Crippen molar-refractivity contribution in [2.45, 2.75) is 148 Å². The van der Waals surface area contributed by atoms with E-state index in [9.17, 15) is 14.4 Å². The Morgan fingerprint density at radius 2 is 1.10 bits per heavy atom. The minimum Gasteiger partial charge on any atom is -0.480 e. The largest absolute Gasteiger partial charge is 0.480 e. The lowest BCUT2D eigenvalue weighted by Crippen LogP contribution is -2.40. The Kier molecular flexibility index (Phi) is 22.2. The first kappa shape index (κ1) is 29.6. The molecule has 0 aliphatic rings. The highest BCUT2D eigenvalue weighted by Crippen LogP contribution is 2.14. The third-order valence-corrected chi connectivity index (χ3v) is 5.96. The zero-order valence-corrected chi connectivity index (χ0v) is 20.2. The maximum Gasteiger partial charge on any atom is 0.326 e. The molecule has 0 bridgehead atoms. The fraction of sp³-hybridized carbons (Fsp3) is 0.885. The van der Waals surface area contributed by atoms with Gasteiger partial charge in [0.25, 0.3) is 0 Å². The Hall–Kier alpha value is -1.39. The second kappa shape index (κ2) is 23.3. The summed E-state index contributed by atoms with van der Waals surface area (Å²) in [4.78, 5) is 33.2. The summed E-state index contributed by atoms with van der Waals surface area (Å²) in [6.07, 6.45) is 24.8. The van der Waals surface area contributed by atoms with E-state index in [4.69, 9.17) is 5.11 Å². The molecule has 1 atom stereocenters. The highest BCUT2D eigenvalue weighted by Gasteiger charge is 2.18. The summed E-state index contributed by atoms with van der Waals surface area (Å²) in [5, 5.41) is 11.6. The monoisotopic (exact) mass is 439 g/mol. The van der Waals surface area contributed by atoms with Crippen LogP contribution in [0.25, 0.3) is 0 Å². The SMILES string of the molecule is CCCCCCCCCCCCCCCCCCCCC(=O)N[C@@H](CCC=O)C(=O)O. The maximum absolute atomic E-state index is 11.8. The van der Waals surface area contributed by atoms with Crippen LogP contribution >= 0.6 is 0 Å². The number of carboxylic acids is 1. The second-order valence-electron chi connectivity index (χ2n) is 8.96. The summed E-state index contributed by atoms with van der Waals surface area (Å²) in [5.74, 6) is -1.30. The van der Waals surface area contributed by atoms with E-state index in [0.717, 1.165) is 19.3 Å². The van der Waals surface area contributed by atoms with Gasteiger partial charge in [-0.2, -0.15) is 0 Å². The zero-order chi connectivity index (χ0) is 23.0. The predicted octanol–water partition coefficient (Wildman–Crippen LogP) is 6.97. The van der Waals surface area contributed by atoms with E-state index in [1.54, 1.807) is 0 Å². The summed E-state index contributed by atoms with van der Waals surface area (Å²) >= 11 is 0. The van der Waals surface area contributed by atoms with Crippen LogP contribution in [-0.2, 0) is 14.4 Å². The van der Waals surface area contributed by atoms with Crippen LogP contribution < -0.4 is 5.32 Å². The average molecular weight is 440 g/mol. The van der Waals surface area contributed by atoms with Crippen molar-refractivity contribution in [3.8, 4) is 0 Å². The van der Waals surface area contributed by atoms with Gasteiger partial charge in [-0.3, -0.25) is 4.79 Å². The number of carbonyl (C=O) groups is 3. The number of nitrogens with one attached hydrogen (secondary N) is 1. The van der Waals surface area contributed by atoms with E-state index in [-0.39, 0.29) is 18.7 Å². The molecule has 1 amide bonds. The Balaban J connectivity index is 3.33. The Morgan fingerprint density at radius 1 is 0.710 bits per heavy atom. The van der Waals surface area contributed by atoms with Crippen molar-refractivity contribution in [2.24, 2.45) is 0 Å². The summed E-state index contributed by atoms with van der Waals surface area (Å²) in [7, 11) is 0. The molecular formula is C26H49NO4. The van der Waals surface area contributed by atoms with Gasteiger partial charge in [0.2, 0.25) is 5.91 Å². The number of rotatable bonds is 24. The number of carboxylic acid groups (broad SMARTS) is 1. The van der Waals surface area contributed by atoms with Crippen molar-refractivity contribution in [2.75, 3.05) is 0 Å². The molecule has 0 aliphatic heterocycles. The van der Waals surface area contributed by atoms with Crippen molar-refractivity contribution < 1.29 is 19.5 Å². The van der Waals surface area contributed by atoms with Crippen LogP contribution in [0.5, 0.6) is 0 Å². The number of hydrogen-bond acceptors (Lipinski definition) is 3. The molecule has 0 saturated carbocycles. The van der Waals surface area contributed by atoms with Crippen LogP contribution in [0.3, 0.4) is 0 Å². The van der Waals surface area contributed by atoms with Crippen LogP contribution in [0, 0.1) is 0 Å². The molecular weight excluding hydrogens is 390 g/mol. The van der Waals surface area contributed by atoms with Crippen molar-refractivity contribution >= 4 is 18.2 Å². The maximum atomic E-state index is 11.8. The molecule has 0 aliphatic carbocycles. The van der Waals surface area contributed by atoms with E-state index < -0.39 is 12.0 Å². The molecule has 0 spiro atoms. The highest BCUT2D eigenvalue weighted by atomic mass is 16.4. The van der Waals surface area contributed by atoms with Gasteiger partial charge >= 0.3 is 5.97 Å². The molecule has 0 fully saturated rings. The lowest BCUT2D eigenvalue weighted by atomic mass is 10.0. The normalized spacial score (nSPS) is 11.9. The molecule has 0 aromatic heterocycles. The van der Waals surface area contributed by atoms with Gasteiger partial charge in [0.1, 0.15) is 12.3 Å². The van der Waals surface area contributed by atoms with E-state index in [0.29, 0.717) is 12.7 Å². The molecule has 0 aromatic rings. The molecule has 0 rings (SSSR count). The lowest BCUT2D eigenvalue weighted by molar-refractivity contribution is -0.142. The van der Waals surface area contributed by atoms with Crippen molar-refractivity contribution in [3.63, 3.8) is 0 Å².